The molecule has 0 aliphatic rings. The molecule has 31 heavy (non-hydrogen) atoms. The molecule has 3 aromatic rings. The number of amides is 1. The van der Waals surface area contributed by atoms with Crippen LogP contribution in [0, 0.1) is 0 Å². The third-order valence-electron chi connectivity index (χ3n) is 4.04. The number of anilines is 1. The number of halogens is 1. The minimum atomic E-state index is -0.545. The Balaban J connectivity index is 1.82. The van der Waals surface area contributed by atoms with Crippen molar-refractivity contribution in [3.63, 3.8) is 0 Å². The average molecular weight is 444 g/mol. The molecular formula is C20H22FN7O2S. The molecule has 0 unspecified atom stereocenters. The first-order valence-corrected chi connectivity index (χ1v) is 10.3. The van der Waals surface area contributed by atoms with Gasteiger partial charge in [0.25, 0.3) is 5.91 Å². The zero-order valence-corrected chi connectivity index (χ0v) is 17.7. The van der Waals surface area contributed by atoms with Crippen LogP contribution in [0.5, 0.6) is 0 Å². The topological polar surface area (TPSA) is 110 Å². The van der Waals surface area contributed by atoms with Crippen LogP contribution >= 0.6 is 11.3 Å². The normalized spacial score (nSPS) is 11.9. The van der Waals surface area contributed by atoms with Gasteiger partial charge in [0.1, 0.15) is 23.1 Å². The Labute approximate surface area is 182 Å². The van der Waals surface area contributed by atoms with E-state index in [9.17, 15) is 9.18 Å². The van der Waals surface area contributed by atoms with Gasteiger partial charge in [-0.05, 0) is 19.7 Å². The molecule has 3 aromatic heterocycles. The maximum Gasteiger partial charge on any atom is 0.275 e. The third kappa shape index (κ3) is 5.80. The van der Waals surface area contributed by atoms with Crippen molar-refractivity contribution in [2.24, 2.45) is 4.99 Å². The molecule has 0 aliphatic carbocycles. The van der Waals surface area contributed by atoms with Crippen molar-refractivity contribution < 1.29 is 13.9 Å². The van der Waals surface area contributed by atoms with Gasteiger partial charge >= 0.3 is 0 Å². The van der Waals surface area contributed by atoms with Gasteiger partial charge in [0.05, 0.1) is 37.3 Å². The van der Waals surface area contributed by atoms with Gasteiger partial charge < -0.3 is 10.1 Å². The molecule has 0 spiro atoms. The SMILES string of the molecule is C=N/C(=C\C=C/C)c1nn(CCOCCF)cc1NC(=O)c1csc(-c2cn[nH]c2)n1. The zero-order valence-electron chi connectivity index (χ0n) is 16.9. The summed E-state index contributed by atoms with van der Waals surface area (Å²) in [5.41, 5.74) is 2.48. The van der Waals surface area contributed by atoms with Crippen molar-refractivity contribution in [3.05, 3.63) is 53.6 Å². The van der Waals surface area contributed by atoms with Gasteiger partial charge in [-0.1, -0.05) is 12.2 Å². The first-order valence-electron chi connectivity index (χ1n) is 9.43. The van der Waals surface area contributed by atoms with E-state index in [1.165, 1.54) is 11.3 Å². The van der Waals surface area contributed by atoms with Crippen LogP contribution in [0.4, 0.5) is 10.1 Å². The fraction of sp³-hybridized carbons (Fsp3) is 0.250. The minimum Gasteiger partial charge on any atom is -0.377 e. The summed E-state index contributed by atoms with van der Waals surface area (Å²) in [5, 5.41) is 16.3. The van der Waals surface area contributed by atoms with E-state index in [4.69, 9.17) is 4.74 Å². The largest absolute Gasteiger partial charge is 0.377 e. The molecule has 0 fully saturated rings. The molecule has 0 saturated heterocycles. The van der Waals surface area contributed by atoms with Gasteiger partial charge in [0.2, 0.25) is 0 Å². The van der Waals surface area contributed by atoms with E-state index in [0.717, 1.165) is 5.56 Å². The summed E-state index contributed by atoms with van der Waals surface area (Å²) in [7, 11) is 0. The smallest absolute Gasteiger partial charge is 0.275 e. The average Bonchev–Trinajstić information content (AvgIpc) is 3.52. The minimum absolute atomic E-state index is 0.0290. The molecule has 2 N–H and O–H groups in total. The number of aromatic amines is 1. The highest BCUT2D eigenvalue weighted by molar-refractivity contribution is 7.13. The fourth-order valence-electron chi connectivity index (χ4n) is 2.59. The molecule has 0 aromatic carbocycles. The van der Waals surface area contributed by atoms with Crippen molar-refractivity contribution in [3.8, 4) is 10.6 Å². The summed E-state index contributed by atoms with van der Waals surface area (Å²) in [5.74, 6) is -0.380. The molecule has 0 saturated carbocycles. The van der Waals surface area contributed by atoms with Crippen LogP contribution in [0.2, 0.25) is 0 Å². The summed E-state index contributed by atoms with van der Waals surface area (Å²) < 4.78 is 19.0. The highest BCUT2D eigenvalue weighted by Crippen LogP contribution is 2.26. The number of ether oxygens (including phenoxy) is 1. The van der Waals surface area contributed by atoms with E-state index < -0.39 is 6.67 Å². The second-order valence-electron chi connectivity index (χ2n) is 6.17. The molecule has 3 heterocycles. The van der Waals surface area contributed by atoms with E-state index in [2.05, 4.69) is 37.3 Å². The Kier molecular flexibility index (Phi) is 7.96. The lowest BCUT2D eigenvalue weighted by Crippen LogP contribution is -2.13. The quantitative estimate of drug-likeness (QED) is 0.267. The van der Waals surface area contributed by atoms with Gasteiger partial charge in [0, 0.05) is 23.3 Å². The van der Waals surface area contributed by atoms with E-state index >= 15 is 0 Å². The van der Waals surface area contributed by atoms with Gasteiger partial charge in [-0.15, -0.1) is 11.3 Å². The third-order valence-corrected chi connectivity index (χ3v) is 4.93. The monoisotopic (exact) mass is 443 g/mol. The number of thiazole rings is 1. The molecule has 162 valence electrons. The Morgan fingerprint density at radius 3 is 3.06 bits per heavy atom. The Morgan fingerprint density at radius 2 is 2.35 bits per heavy atom. The first-order chi connectivity index (χ1) is 15.2. The number of carbonyl (C=O) groups excluding carboxylic acids is 1. The van der Waals surface area contributed by atoms with Gasteiger partial charge in [-0.3, -0.25) is 19.6 Å². The Morgan fingerprint density at radius 1 is 1.48 bits per heavy atom. The summed E-state index contributed by atoms with van der Waals surface area (Å²) in [6, 6.07) is 0. The fourth-order valence-corrected chi connectivity index (χ4v) is 3.37. The summed E-state index contributed by atoms with van der Waals surface area (Å²) in [6.07, 6.45) is 10.4. The van der Waals surface area contributed by atoms with Gasteiger partial charge in [-0.2, -0.15) is 10.2 Å². The molecule has 0 bridgehead atoms. The molecule has 3 rings (SSSR count). The number of hydrogen-bond acceptors (Lipinski definition) is 7. The Bertz CT molecular complexity index is 1070. The lowest BCUT2D eigenvalue weighted by atomic mass is 10.2. The first kappa shape index (κ1) is 22.2. The molecule has 1 amide bonds. The molecule has 0 atom stereocenters. The molecule has 11 heteroatoms. The lowest BCUT2D eigenvalue weighted by Gasteiger charge is -2.03. The van der Waals surface area contributed by atoms with Crippen molar-refractivity contribution in [2.45, 2.75) is 13.5 Å². The summed E-state index contributed by atoms with van der Waals surface area (Å²) in [4.78, 5) is 21.2. The van der Waals surface area contributed by atoms with Crippen LogP contribution in [0.3, 0.4) is 0 Å². The summed E-state index contributed by atoms with van der Waals surface area (Å²) in [6.45, 7) is 5.63. The van der Waals surface area contributed by atoms with Crippen LogP contribution in [0.1, 0.15) is 23.1 Å². The second-order valence-corrected chi connectivity index (χ2v) is 7.03. The maximum absolute atomic E-state index is 12.8. The van der Waals surface area contributed by atoms with Gasteiger partial charge in [-0.25, -0.2) is 9.37 Å². The molecule has 0 aliphatic heterocycles. The highest BCUT2D eigenvalue weighted by Gasteiger charge is 2.18. The van der Waals surface area contributed by atoms with Crippen LogP contribution in [-0.2, 0) is 11.3 Å². The number of rotatable bonds is 11. The van der Waals surface area contributed by atoms with E-state index in [-0.39, 0.29) is 24.8 Å². The van der Waals surface area contributed by atoms with Crippen LogP contribution in [0.25, 0.3) is 16.3 Å². The second kappa shape index (κ2) is 11.1. The van der Waals surface area contributed by atoms with Crippen molar-refractivity contribution >= 4 is 35.3 Å². The van der Waals surface area contributed by atoms with Gasteiger partial charge in [0.15, 0.2) is 0 Å². The number of aliphatic imine (C=N–C) groups is 1. The zero-order chi connectivity index (χ0) is 22.1. The number of alkyl halides is 1. The van der Waals surface area contributed by atoms with E-state index in [1.54, 1.807) is 40.8 Å². The number of carbonyl (C=O) groups is 1. The summed E-state index contributed by atoms with van der Waals surface area (Å²) >= 11 is 1.34. The predicted molar refractivity (Wildman–Crippen MR) is 119 cm³/mol. The highest BCUT2D eigenvalue weighted by atomic mass is 32.1. The van der Waals surface area contributed by atoms with Crippen molar-refractivity contribution in [2.75, 3.05) is 25.2 Å². The number of allylic oxidation sites excluding steroid dienone is 3. The maximum atomic E-state index is 12.8. The van der Waals surface area contributed by atoms with Crippen LogP contribution < -0.4 is 5.32 Å². The number of aromatic nitrogens is 5. The Hall–Kier alpha value is -3.44. The number of H-pyrrole nitrogens is 1. The van der Waals surface area contributed by atoms with Crippen LogP contribution in [0.15, 0.2) is 47.2 Å². The molecular weight excluding hydrogens is 421 g/mol. The molecule has 0 radical (unpaired) electrons. The lowest BCUT2D eigenvalue weighted by molar-refractivity contribution is 0.102. The van der Waals surface area contributed by atoms with Crippen molar-refractivity contribution in [1.82, 2.24) is 25.0 Å². The molecule has 9 nitrogen and oxygen atoms in total. The number of hydrogen-bond donors (Lipinski definition) is 2. The van der Waals surface area contributed by atoms with E-state index in [1.807, 2.05) is 13.0 Å². The van der Waals surface area contributed by atoms with E-state index in [0.29, 0.717) is 28.6 Å². The predicted octanol–water partition coefficient (Wildman–Crippen LogP) is 3.59. The van der Waals surface area contributed by atoms with Crippen LogP contribution in [-0.4, -0.2) is 57.5 Å². The van der Waals surface area contributed by atoms with Crippen molar-refractivity contribution in [1.29, 1.82) is 0 Å². The standard InChI is InChI=1S/C20H22FN7O2S/c1-3-4-5-15(22-2)18-16(12-28(27-18)7-9-30-8-6-21)25-19(29)17-13-31-20(26-17)14-10-23-24-11-14/h3-5,10-13H,2,6-9H2,1H3,(H,23,24)(H,25,29)/b4-3-,15-5-. The number of nitrogens with one attached hydrogen (secondary N) is 2. The number of nitrogens with zero attached hydrogens (tertiary/aromatic N) is 5.